The maximum atomic E-state index is 13.0. The first-order valence-electron chi connectivity index (χ1n) is 5.79. The Balaban J connectivity index is 2.09. The highest BCUT2D eigenvalue weighted by atomic mass is 19.1. The lowest BCUT2D eigenvalue weighted by Gasteiger charge is -2.16. The monoisotopic (exact) mass is 259 g/mol. The lowest BCUT2D eigenvalue weighted by molar-refractivity contribution is -0.117. The topological polar surface area (TPSA) is 59.2 Å². The second-order valence-corrected chi connectivity index (χ2v) is 4.21. The zero-order valence-electron chi connectivity index (χ0n) is 10.5. The second kappa shape index (κ2) is 5.48. The van der Waals surface area contributed by atoms with Crippen LogP contribution in [0.2, 0.25) is 0 Å². The van der Waals surface area contributed by atoms with Crippen LogP contribution < -0.4 is 10.6 Å². The lowest BCUT2D eigenvalue weighted by Crippen LogP contribution is -2.28. The highest BCUT2D eigenvalue weighted by Crippen LogP contribution is 2.13. The Morgan fingerprint density at radius 3 is 2.79 bits per heavy atom. The summed E-state index contributed by atoms with van der Waals surface area (Å²) < 4.78 is 13.0. The quantitative estimate of drug-likeness (QED) is 0.917. The SMILES string of the molecule is CN(C(=O)Cc1cccc(F)c1)c1ccc(N)cn1. The second-order valence-electron chi connectivity index (χ2n) is 4.21. The third kappa shape index (κ3) is 3.28. The van der Waals surface area contributed by atoms with E-state index in [4.69, 9.17) is 5.73 Å². The van der Waals surface area contributed by atoms with Crippen molar-refractivity contribution in [3.63, 3.8) is 0 Å². The van der Waals surface area contributed by atoms with E-state index in [2.05, 4.69) is 4.98 Å². The third-order valence-electron chi connectivity index (χ3n) is 2.73. The molecule has 0 radical (unpaired) electrons. The zero-order valence-corrected chi connectivity index (χ0v) is 10.5. The Kier molecular flexibility index (Phi) is 3.75. The van der Waals surface area contributed by atoms with Crippen LogP contribution in [0.1, 0.15) is 5.56 Å². The molecule has 98 valence electrons. The van der Waals surface area contributed by atoms with Crippen molar-refractivity contribution >= 4 is 17.4 Å². The van der Waals surface area contributed by atoms with Gasteiger partial charge in [0.25, 0.3) is 0 Å². The molecule has 1 amide bonds. The van der Waals surface area contributed by atoms with E-state index >= 15 is 0 Å². The minimum atomic E-state index is -0.349. The smallest absolute Gasteiger partial charge is 0.232 e. The molecule has 0 aliphatic rings. The maximum Gasteiger partial charge on any atom is 0.232 e. The molecule has 0 atom stereocenters. The summed E-state index contributed by atoms with van der Waals surface area (Å²) in [5.41, 5.74) is 6.70. The molecule has 2 rings (SSSR count). The van der Waals surface area contributed by atoms with E-state index in [0.717, 1.165) is 0 Å². The number of rotatable bonds is 3. The van der Waals surface area contributed by atoms with Gasteiger partial charge in [0.15, 0.2) is 0 Å². The lowest BCUT2D eigenvalue weighted by atomic mass is 10.1. The molecule has 2 N–H and O–H groups in total. The van der Waals surface area contributed by atoms with Crippen molar-refractivity contribution in [1.29, 1.82) is 0 Å². The van der Waals surface area contributed by atoms with Crippen LogP contribution in [0.15, 0.2) is 42.6 Å². The number of nitrogens with two attached hydrogens (primary N) is 1. The third-order valence-corrected chi connectivity index (χ3v) is 2.73. The van der Waals surface area contributed by atoms with Crippen molar-refractivity contribution < 1.29 is 9.18 Å². The molecule has 0 bridgehead atoms. The van der Waals surface area contributed by atoms with Gasteiger partial charge in [0.05, 0.1) is 18.3 Å². The average molecular weight is 259 g/mol. The van der Waals surface area contributed by atoms with Crippen LogP contribution in [0, 0.1) is 5.82 Å². The van der Waals surface area contributed by atoms with Crippen LogP contribution in [0.5, 0.6) is 0 Å². The summed E-state index contributed by atoms with van der Waals surface area (Å²) in [6, 6.07) is 9.33. The highest BCUT2D eigenvalue weighted by Gasteiger charge is 2.12. The van der Waals surface area contributed by atoms with Crippen molar-refractivity contribution in [1.82, 2.24) is 4.98 Å². The molecule has 1 heterocycles. The fraction of sp³-hybridized carbons (Fsp3) is 0.143. The Bertz CT molecular complexity index is 583. The van der Waals surface area contributed by atoms with Gasteiger partial charge in [0, 0.05) is 7.05 Å². The van der Waals surface area contributed by atoms with Gasteiger partial charge >= 0.3 is 0 Å². The summed E-state index contributed by atoms with van der Waals surface area (Å²) in [5, 5.41) is 0. The van der Waals surface area contributed by atoms with Gasteiger partial charge in [-0.05, 0) is 29.8 Å². The first-order valence-corrected chi connectivity index (χ1v) is 5.79. The average Bonchev–Trinajstić information content (AvgIpc) is 2.39. The number of carbonyl (C=O) groups is 1. The van der Waals surface area contributed by atoms with Gasteiger partial charge in [0.1, 0.15) is 11.6 Å². The van der Waals surface area contributed by atoms with Gasteiger partial charge in [-0.25, -0.2) is 9.37 Å². The first kappa shape index (κ1) is 13.0. The van der Waals surface area contributed by atoms with E-state index in [1.165, 1.54) is 23.2 Å². The Morgan fingerprint density at radius 1 is 1.37 bits per heavy atom. The summed E-state index contributed by atoms with van der Waals surface area (Å²) in [6.07, 6.45) is 1.61. The molecule has 1 aromatic carbocycles. The molecular weight excluding hydrogens is 245 g/mol. The molecular formula is C14H14FN3O. The van der Waals surface area contributed by atoms with E-state index in [9.17, 15) is 9.18 Å². The van der Waals surface area contributed by atoms with Crippen molar-refractivity contribution in [2.75, 3.05) is 17.7 Å². The normalized spacial score (nSPS) is 10.2. The Morgan fingerprint density at radius 2 is 2.16 bits per heavy atom. The van der Waals surface area contributed by atoms with Gasteiger partial charge in [-0.2, -0.15) is 0 Å². The number of nitrogens with zero attached hydrogens (tertiary/aromatic N) is 2. The van der Waals surface area contributed by atoms with Crippen LogP contribution >= 0.6 is 0 Å². The molecule has 5 heteroatoms. The number of likely N-dealkylation sites (N-methyl/N-ethyl adjacent to an activating group) is 1. The Labute approximate surface area is 110 Å². The molecule has 0 fully saturated rings. The number of pyridine rings is 1. The van der Waals surface area contributed by atoms with E-state index in [0.29, 0.717) is 17.1 Å². The van der Waals surface area contributed by atoms with Gasteiger partial charge in [-0.1, -0.05) is 12.1 Å². The van der Waals surface area contributed by atoms with Crippen molar-refractivity contribution in [3.05, 3.63) is 54.0 Å². The molecule has 0 saturated heterocycles. The minimum absolute atomic E-state index is 0.125. The molecule has 0 saturated carbocycles. The first-order chi connectivity index (χ1) is 9.06. The number of carbonyl (C=O) groups excluding carboxylic acids is 1. The fourth-order valence-electron chi connectivity index (χ4n) is 1.66. The maximum absolute atomic E-state index is 13.0. The number of aromatic nitrogens is 1. The van der Waals surface area contributed by atoms with E-state index in [-0.39, 0.29) is 18.1 Å². The van der Waals surface area contributed by atoms with Gasteiger partial charge < -0.3 is 5.73 Å². The molecule has 0 aliphatic heterocycles. The van der Waals surface area contributed by atoms with Gasteiger partial charge in [0.2, 0.25) is 5.91 Å². The van der Waals surface area contributed by atoms with Crippen molar-refractivity contribution in [2.45, 2.75) is 6.42 Å². The predicted molar refractivity (Wildman–Crippen MR) is 72.2 cm³/mol. The molecule has 2 aromatic rings. The largest absolute Gasteiger partial charge is 0.397 e. The van der Waals surface area contributed by atoms with Crippen LogP contribution in [0.4, 0.5) is 15.9 Å². The highest BCUT2D eigenvalue weighted by molar-refractivity contribution is 5.93. The minimum Gasteiger partial charge on any atom is -0.397 e. The summed E-state index contributed by atoms with van der Waals surface area (Å²) in [4.78, 5) is 17.5. The fourth-order valence-corrected chi connectivity index (χ4v) is 1.66. The number of amides is 1. The molecule has 4 nitrogen and oxygen atoms in total. The Hall–Kier alpha value is -2.43. The van der Waals surface area contributed by atoms with E-state index in [1.807, 2.05) is 0 Å². The van der Waals surface area contributed by atoms with E-state index < -0.39 is 0 Å². The zero-order chi connectivity index (χ0) is 13.8. The summed E-state index contributed by atoms with van der Waals surface area (Å²) in [6.45, 7) is 0. The van der Waals surface area contributed by atoms with Gasteiger partial charge in [-0.15, -0.1) is 0 Å². The number of hydrogen-bond donors (Lipinski definition) is 1. The number of halogens is 1. The van der Waals surface area contributed by atoms with Crippen molar-refractivity contribution in [2.24, 2.45) is 0 Å². The standard InChI is InChI=1S/C14H14FN3O/c1-18(13-6-5-12(16)9-17-13)14(19)8-10-3-2-4-11(15)7-10/h2-7,9H,8,16H2,1H3. The summed E-state index contributed by atoms with van der Waals surface area (Å²) >= 11 is 0. The number of benzene rings is 1. The summed E-state index contributed by atoms with van der Waals surface area (Å²) in [5.74, 6) is -0.00274. The molecule has 0 spiro atoms. The predicted octanol–water partition coefficient (Wildman–Crippen LogP) is 2.01. The number of hydrogen-bond acceptors (Lipinski definition) is 3. The molecule has 0 aliphatic carbocycles. The van der Waals surface area contributed by atoms with Crippen LogP contribution in [-0.2, 0) is 11.2 Å². The van der Waals surface area contributed by atoms with Crippen LogP contribution in [0.25, 0.3) is 0 Å². The number of nitrogen functional groups attached to an aromatic ring is 1. The number of anilines is 2. The molecule has 0 unspecified atom stereocenters. The van der Waals surface area contributed by atoms with E-state index in [1.54, 1.807) is 31.3 Å². The van der Waals surface area contributed by atoms with Crippen LogP contribution in [-0.4, -0.2) is 17.9 Å². The summed E-state index contributed by atoms with van der Waals surface area (Å²) in [7, 11) is 1.63. The molecule has 1 aromatic heterocycles. The van der Waals surface area contributed by atoms with Crippen molar-refractivity contribution in [3.8, 4) is 0 Å². The van der Waals surface area contributed by atoms with Gasteiger partial charge in [-0.3, -0.25) is 9.69 Å². The van der Waals surface area contributed by atoms with Crippen LogP contribution in [0.3, 0.4) is 0 Å². The molecule has 19 heavy (non-hydrogen) atoms.